The molecule has 1 amide bonds. The summed E-state index contributed by atoms with van der Waals surface area (Å²) in [7, 11) is 3.16. The summed E-state index contributed by atoms with van der Waals surface area (Å²) >= 11 is 0. The van der Waals surface area contributed by atoms with Crippen molar-refractivity contribution in [3.63, 3.8) is 0 Å². The van der Waals surface area contributed by atoms with Crippen LogP contribution in [0.1, 0.15) is 34.8 Å². The van der Waals surface area contributed by atoms with Crippen molar-refractivity contribution in [2.75, 3.05) is 24.7 Å². The first kappa shape index (κ1) is 20.8. The van der Waals surface area contributed by atoms with Crippen LogP contribution in [0.5, 0.6) is 5.75 Å². The minimum atomic E-state index is -0.519. The smallest absolute Gasteiger partial charge is 0.320 e. The highest BCUT2D eigenvalue weighted by Crippen LogP contribution is 2.33. The molecule has 0 spiro atoms. The van der Waals surface area contributed by atoms with Gasteiger partial charge in [-0.3, -0.25) is 10.1 Å². The van der Waals surface area contributed by atoms with Crippen LogP contribution in [-0.2, 0) is 0 Å². The first-order valence-corrected chi connectivity index (χ1v) is 9.07. The number of phenolic OH excluding ortho intramolecular Hbond substituents is 1. The predicted molar refractivity (Wildman–Crippen MR) is 109 cm³/mol. The molecule has 1 atom stereocenters. The third-order valence-electron chi connectivity index (χ3n) is 4.36. The van der Waals surface area contributed by atoms with Gasteiger partial charge in [0.1, 0.15) is 11.5 Å². The van der Waals surface area contributed by atoms with Crippen molar-refractivity contribution in [3.05, 3.63) is 64.8 Å². The Morgan fingerprint density at radius 3 is 2.67 bits per heavy atom. The van der Waals surface area contributed by atoms with Gasteiger partial charge >= 0.3 is 11.6 Å². The Hall–Kier alpha value is -3.95. The molecular weight excluding hydrogens is 390 g/mol. The lowest BCUT2D eigenvalue weighted by molar-refractivity contribution is -0.791. The van der Waals surface area contributed by atoms with Crippen LogP contribution in [0, 0.1) is 12.1 Å². The van der Waals surface area contributed by atoms with Crippen LogP contribution in [0.2, 0.25) is 0 Å². The minimum absolute atomic E-state index is 0.0179. The van der Waals surface area contributed by atoms with E-state index in [1.807, 2.05) is 6.92 Å². The molecule has 2 heterocycles. The second-order valence-corrected chi connectivity index (χ2v) is 7.03. The number of benzene rings is 1. The molecule has 0 aliphatic rings. The first-order valence-electron chi connectivity index (χ1n) is 9.07. The van der Waals surface area contributed by atoms with Crippen molar-refractivity contribution in [1.29, 1.82) is 0 Å². The maximum atomic E-state index is 12.2. The molecule has 10 heteroatoms. The van der Waals surface area contributed by atoms with Gasteiger partial charge in [-0.05, 0) is 48.8 Å². The third kappa shape index (κ3) is 4.07. The van der Waals surface area contributed by atoms with Crippen molar-refractivity contribution < 1.29 is 23.9 Å². The summed E-state index contributed by atoms with van der Waals surface area (Å²) in [5.74, 6) is 0.604. The summed E-state index contributed by atoms with van der Waals surface area (Å²) in [6.45, 7) is 7.53. The lowest BCUT2D eigenvalue weighted by atomic mass is 10.1. The Kier molecular flexibility index (Phi) is 5.67. The molecular formula is C20H23N5O5. The molecule has 158 valence electrons. The van der Waals surface area contributed by atoms with Gasteiger partial charge in [-0.25, -0.2) is 0 Å². The van der Waals surface area contributed by atoms with Crippen molar-refractivity contribution >= 4 is 23.2 Å². The lowest BCUT2D eigenvalue weighted by Gasteiger charge is -2.15. The Morgan fingerprint density at radius 2 is 2.07 bits per heavy atom. The summed E-state index contributed by atoms with van der Waals surface area (Å²) < 4.78 is 10.4. The van der Waals surface area contributed by atoms with Crippen molar-refractivity contribution in [3.8, 4) is 5.75 Å². The minimum Gasteiger partial charge on any atom is -0.505 e. The Bertz CT molecular complexity index is 1090. The SMILES string of the molecule is C=C(C)[C@@H](Nc1c(Nc2cccc(C(=O)N(C)C)c2O)no[n+]1[O-])c1ccc(C)o1. The number of aryl methyl sites for hydroxylation is 1. The largest absolute Gasteiger partial charge is 0.505 e. The topological polar surface area (TPSA) is 131 Å². The number of carbonyl (C=O) groups is 1. The fourth-order valence-electron chi connectivity index (χ4n) is 2.82. The fourth-order valence-corrected chi connectivity index (χ4v) is 2.82. The standard InChI is InChI=1S/C20H23N5O5/c1-11(2)16(15-10-9-12(3)29-15)22-19-18(23-30-25(19)28)21-14-8-6-7-13(17(14)26)20(27)24(4)5/h6-10,16,22,26H,1H2,2-5H3,(H,21,23)/t16-/m1/s1. The zero-order valence-corrected chi connectivity index (χ0v) is 17.1. The van der Waals surface area contributed by atoms with Crippen molar-refractivity contribution in [1.82, 2.24) is 10.1 Å². The van der Waals surface area contributed by atoms with Crippen LogP contribution >= 0.6 is 0 Å². The van der Waals surface area contributed by atoms with Gasteiger partial charge in [0.15, 0.2) is 11.8 Å². The van der Waals surface area contributed by atoms with Gasteiger partial charge < -0.3 is 29.6 Å². The Morgan fingerprint density at radius 1 is 1.33 bits per heavy atom. The highest BCUT2D eigenvalue weighted by molar-refractivity contribution is 5.98. The molecule has 1 aromatic carbocycles. The zero-order chi connectivity index (χ0) is 22.0. The molecule has 0 fully saturated rings. The molecule has 0 bridgehead atoms. The summed E-state index contributed by atoms with van der Waals surface area (Å²) in [5.41, 5.74) is 0.974. The van der Waals surface area contributed by atoms with Gasteiger partial charge in [-0.1, -0.05) is 17.5 Å². The third-order valence-corrected chi connectivity index (χ3v) is 4.36. The quantitative estimate of drug-likeness (QED) is 0.306. The summed E-state index contributed by atoms with van der Waals surface area (Å²) in [5, 5.41) is 32.2. The molecule has 10 nitrogen and oxygen atoms in total. The van der Waals surface area contributed by atoms with Gasteiger partial charge in [0.2, 0.25) is 0 Å². The van der Waals surface area contributed by atoms with E-state index in [1.54, 1.807) is 45.3 Å². The molecule has 30 heavy (non-hydrogen) atoms. The molecule has 3 rings (SSSR count). The van der Waals surface area contributed by atoms with Crippen LogP contribution in [0.15, 0.2) is 51.5 Å². The first-order chi connectivity index (χ1) is 14.2. The number of hydrogen-bond acceptors (Lipinski definition) is 8. The number of amides is 1. The van der Waals surface area contributed by atoms with Crippen molar-refractivity contribution in [2.45, 2.75) is 19.9 Å². The van der Waals surface area contributed by atoms with Crippen LogP contribution < -0.4 is 15.5 Å². The molecule has 0 radical (unpaired) electrons. The number of aromatic nitrogens is 2. The number of nitrogens with zero attached hydrogens (tertiary/aromatic N) is 3. The van der Waals surface area contributed by atoms with Gasteiger partial charge in [-0.2, -0.15) is 0 Å². The molecule has 0 saturated heterocycles. The Labute approximate surface area is 172 Å². The average molecular weight is 413 g/mol. The highest BCUT2D eigenvalue weighted by Gasteiger charge is 2.27. The van der Waals surface area contributed by atoms with E-state index >= 15 is 0 Å². The lowest BCUT2D eigenvalue weighted by Crippen LogP contribution is -2.29. The maximum absolute atomic E-state index is 12.2. The number of phenols is 1. The average Bonchev–Trinajstić information content (AvgIpc) is 3.26. The molecule has 0 unspecified atom stereocenters. The second kappa shape index (κ2) is 8.19. The molecule has 0 aliphatic heterocycles. The van der Waals surface area contributed by atoms with Crippen LogP contribution in [-0.4, -0.2) is 35.2 Å². The zero-order valence-electron chi connectivity index (χ0n) is 17.1. The number of rotatable bonds is 7. The molecule has 0 aliphatic carbocycles. The van der Waals surface area contributed by atoms with E-state index in [0.29, 0.717) is 17.1 Å². The van der Waals surface area contributed by atoms with Crippen LogP contribution in [0.4, 0.5) is 17.3 Å². The number of hydrogen-bond donors (Lipinski definition) is 3. The summed E-state index contributed by atoms with van der Waals surface area (Å²) in [6.07, 6.45) is 0. The van der Waals surface area contributed by atoms with Crippen molar-refractivity contribution in [2.24, 2.45) is 0 Å². The van der Waals surface area contributed by atoms with Gasteiger partial charge in [-0.15, -0.1) is 0 Å². The molecule has 0 saturated carbocycles. The van der Waals surface area contributed by atoms with Crippen LogP contribution in [0.3, 0.4) is 0 Å². The number of aromatic hydroxyl groups is 1. The number of carbonyl (C=O) groups excluding carboxylic acids is 1. The maximum Gasteiger partial charge on any atom is 0.320 e. The molecule has 2 aromatic heterocycles. The van der Waals surface area contributed by atoms with E-state index in [-0.39, 0.29) is 39.4 Å². The van der Waals surface area contributed by atoms with Gasteiger partial charge in [0.25, 0.3) is 5.91 Å². The number of nitrogens with one attached hydrogen (secondary N) is 2. The number of anilines is 3. The highest BCUT2D eigenvalue weighted by atomic mass is 16.8. The Balaban J connectivity index is 1.93. The van der Waals surface area contributed by atoms with E-state index in [9.17, 15) is 15.1 Å². The van der Waals surface area contributed by atoms with Gasteiger partial charge in [0, 0.05) is 14.1 Å². The van der Waals surface area contributed by atoms with E-state index < -0.39 is 6.04 Å². The molecule has 3 N–H and O–H groups in total. The number of furan rings is 1. The summed E-state index contributed by atoms with van der Waals surface area (Å²) in [4.78, 5) is 13.8. The van der Waals surface area contributed by atoms with E-state index in [0.717, 1.165) is 0 Å². The van der Waals surface area contributed by atoms with Crippen LogP contribution in [0.25, 0.3) is 0 Å². The number of para-hydroxylation sites is 1. The van der Waals surface area contributed by atoms with E-state index in [2.05, 4.69) is 22.4 Å². The summed E-state index contributed by atoms with van der Waals surface area (Å²) in [6, 6.07) is 7.69. The molecule has 3 aromatic rings. The second-order valence-electron chi connectivity index (χ2n) is 7.03. The monoisotopic (exact) mass is 413 g/mol. The van der Waals surface area contributed by atoms with E-state index in [4.69, 9.17) is 9.05 Å². The van der Waals surface area contributed by atoms with E-state index in [1.165, 1.54) is 11.0 Å². The predicted octanol–water partition coefficient (Wildman–Crippen LogP) is 3.09. The fraction of sp³-hybridized carbons (Fsp3) is 0.250. The normalized spacial score (nSPS) is 11.7. The van der Waals surface area contributed by atoms with Gasteiger partial charge in [0.05, 0.1) is 11.3 Å².